The minimum Gasteiger partial charge on any atom is -0.339 e. The minimum atomic E-state index is -0.296. The van der Waals surface area contributed by atoms with Crippen molar-refractivity contribution in [2.75, 3.05) is 11.9 Å². The van der Waals surface area contributed by atoms with Gasteiger partial charge in [-0.15, -0.1) is 0 Å². The van der Waals surface area contributed by atoms with Crippen LogP contribution in [-0.2, 0) is 9.59 Å². The van der Waals surface area contributed by atoms with Gasteiger partial charge in [-0.05, 0) is 31.6 Å². The monoisotopic (exact) mass is 366 g/mol. The lowest BCUT2D eigenvalue weighted by molar-refractivity contribution is -0.130. The Bertz CT molecular complexity index is 809. The molecule has 1 aliphatic carbocycles. The average Bonchev–Trinajstić information content (AvgIpc) is 3.30. The molecule has 1 saturated heterocycles. The van der Waals surface area contributed by atoms with Crippen LogP contribution in [0.2, 0.25) is 0 Å². The van der Waals surface area contributed by atoms with Crippen LogP contribution in [0.1, 0.15) is 39.0 Å². The number of benzene rings is 1. The molecule has 1 aromatic carbocycles. The molecule has 1 aliphatic heterocycles. The number of carbonyl (C=O) groups excluding carboxylic acids is 2. The van der Waals surface area contributed by atoms with Crippen LogP contribution in [0.15, 0.2) is 36.5 Å². The number of nitrogens with zero attached hydrogens (tertiary/aromatic N) is 2. The second kappa shape index (κ2) is 7.55. The van der Waals surface area contributed by atoms with Crippen molar-refractivity contribution in [3.63, 3.8) is 0 Å². The van der Waals surface area contributed by atoms with Crippen LogP contribution in [0.25, 0.3) is 11.3 Å². The lowest BCUT2D eigenvalue weighted by Gasteiger charge is -2.33. The van der Waals surface area contributed by atoms with E-state index in [2.05, 4.69) is 22.4 Å². The molecule has 1 aromatic heterocycles. The average molecular weight is 366 g/mol. The Morgan fingerprint density at radius 3 is 2.67 bits per heavy atom. The lowest BCUT2D eigenvalue weighted by atomic mass is 9.87. The molecule has 27 heavy (non-hydrogen) atoms. The van der Waals surface area contributed by atoms with Gasteiger partial charge in [-0.25, -0.2) is 0 Å². The van der Waals surface area contributed by atoms with E-state index in [-0.39, 0.29) is 17.7 Å². The molecule has 142 valence electrons. The van der Waals surface area contributed by atoms with Gasteiger partial charge in [0.2, 0.25) is 11.8 Å². The summed E-state index contributed by atoms with van der Waals surface area (Å²) < 4.78 is 0. The molecule has 2 aromatic rings. The van der Waals surface area contributed by atoms with E-state index in [4.69, 9.17) is 0 Å². The van der Waals surface area contributed by atoms with Crippen molar-refractivity contribution in [1.82, 2.24) is 15.1 Å². The normalized spacial score (nSPS) is 25.6. The third-order valence-corrected chi connectivity index (χ3v) is 5.92. The van der Waals surface area contributed by atoms with Crippen LogP contribution in [-0.4, -0.2) is 39.5 Å². The highest BCUT2D eigenvalue weighted by molar-refractivity contribution is 5.99. The molecule has 1 atom stereocenters. The smallest absolute Gasteiger partial charge is 0.229 e. The molecule has 4 rings (SSSR count). The van der Waals surface area contributed by atoms with Crippen LogP contribution in [0.3, 0.4) is 0 Å². The van der Waals surface area contributed by atoms with E-state index in [0.717, 1.165) is 30.0 Å². The van der Waals surface area contributed by atoms with E-state index < -0.39 is 0 Å². The fourth-order valence-electron chi connectivity index (χ4n) is 4.25. The van der Waals surface area contributed by atoms with Gasteiger partial charge in [-0.2, -0.15) is 5.10 Å². The third kappa shape index (κ3) is 3.75. The number of rotatable bonds is 4. The number of anilines is 1. The van der Waals surface area contributed by atoms with Crippen molar-refractivity contribution in [2.45, 2.75) is 45.1 Å². The molecular weight excluding hydrogens is 340 g/mol. The highest BCUT2D eigenvalue weighted by Gasteiger charge is 2.38. The number of aromatic nitrogens is 2. The standard InChI is InChI=1S/C21H26N4O2/c1-14-7-9-17(10-8-14)25-13-16(11-19(25)26)21(27)23-18-12-22-24-20(18)15-5-3-2-4-6-15/h2-6,12,14,16-17H,7-11,13H2,1H3,(H,22,24)(H,23,27). The van der Waals surface area contributed by atoms with E-state index in [1.54, 1.807) is 6.20 Å². The Balaban J connectivity index is 1.41. The summed E-state index contributed by atoms with van der Waals surface area (Å²) in [5.74, 6) is 0.463. The maximum absolute atomic E-state index is 12.8. The molecule has 6 heteroatoms. The number of aromatic amines is 1. The Morgan fingerprint density at radius 2 is 1.93 bits per heavy atom. The van der Waals surface area contributed by atoms with Crippen LogP contribution >= 0.6 is 0 Å². The number of amides is 2. The number of nitrogens with one attached hydrogen (secondary N) is 2. The first-order chi connectivity index (χ1) is 13.1. The second-order valence-corrected chi connectivity index (χ2v) is 7.87. The van der Waals surface area contributed by atoms with Crippen LogP contribution in [0.5, 0.6) is 0 Å². The molecule has 6 nitrogen and oxygen atoms in total. The van der Waals surface area contributed by atoms with Crippen molar-refractivity contribution in [3.05, 3.63) is 36.5 Å². The summed E-state index contributed by atoms with van der Waals surface area (Å²) in [5.41, 5.74) is 2.40. The van der Waals surface area contributed by atoms with Crippen LogP contribution in [0, 0.1) is 11.8 Å². The minimum absolute atomic E-state index is 0.103. The molecule has 2 fully saturated rings. The quantitative estimate of drug-likeness (QED) is 0.870. The molecule has 2 N–H and O–H groups in total. The fraction of sp³-hybridized carbons (Fsp3) is 0.476. The maximum atomic E-state index is 12.8. The van der Waals surface area contributed by atoms with Crippen LogP contribution < -0.4 is 5.32 Å². The van der Waals surface area contributed by atoms with Gasteiger partial charge in [-0.3, -0.25) is 14.7 Å². The van der Waals surface area contributed by atoms with Gasteiger partial charge < -0.3 is 10.2 Å². The van der Waals surface area contributed by atoms with Gasteiger partial charge in [0.1, 0.15) is 0 Å². The zero-order chi connectivity index (χ0) is 18.8. The SMILES string of the molecule is CC1CCC(N2CC(C(=O)Nc3cn[nH]c3-c3ccccc3)CC2=O)CC1. The van der Waals surface area contributed by atoms with Gasteiger partial charge in [-0.1, -0.05) is 37.3 Å². The summed E-state index contributed by atoms with van der Waals surface area (Å²) in [6, 6.07) is 10.1. The van der Waals surface area contributed by atoms with Crippen molar-refractivity contribution in [3.8, 4) is 11.3 Å². The predicted octanol–water partition coefficient (Wildman–Crippen LogP) is 3.44. The van der Waals surface area contributed by atoms with Crippen molar-refractivity contribution in [1.29, 1.82) is 0 Å². The highest BCUT2D eigenvalue weighted by Crippen LogP contribution is 2.32. The summed E-state index contributed by atoms with van der Waals surface area (Å²) >= 11 is 0. The second-order valence-electron chi connectivity index (χ2n) is 7.87. The number of likely N-dealkylation sites (tertiary alicyclic amines) is 1. The summed E-state index contributed by atoms with van der Waals surface area (Å²) in [6.45, 7) is 2.80. The molecule has 2 heterocycles. The number of carbonyl (C=O) groups is 2. The Hall–Kier alpha value is -2.63. The van der Waals surface area contributed by atoms with E-state index in [1.165, 1.54) is 12.8 Å². The first-order valence-corrected chi connectivity index (χ1v) is 9.81. The lowest BCUT2D eigenvalue weighted by Crippen LogP contribution is -2.39. The topological polar surface area (TPSA) is 78.1 Å². The summed E-state index contributed by atoms with van der Waals surface area (Å²) in [5, 5.41) is 9.99. The predicted molar refractivity (Wildman–Crippen MR) is 104 cm³/mol. The van der Waals surface area contributed by atoms with Crippen molar-refractivity contribution in [2.24, 2.45) is 11.8 Å². The molecule has 0 radical (unpaired) electrons. The van der Waals surface area contributed by atoms with Gasteiger partial charge in [0, 0.05) is 24.6 Å². The van der Waals surface area contributed by atoms with Gasteiger partial charge in [0.05, 0.1) is 23.5 Å². The van der Waals surface area contributed by atoms with Gasteiger partial charge in [0.15, 0.2) is 0 Å². The number of H-pyrrole nitrogens is 1. The molecule has 1 unspecified atom stereocenters. The Kier molecular flexibility index (Phi) is 4.97. The van der Waals surface area contributed by atoms with E-state index >= 15 is 0 Å². The largest absolute Gasteiger partial charge is 0.339 e. The summed E-state index contributed by atoms with van der Waals surface area (Å²) in [4.78, 5) is 27.2. The van der Waals surface area contributed by atoms with Crippen molar-refractivity contribution < 1.29 is 9.59 Å². The van der Waals surface area contributed by atoms with E-state index in [9.17, 15) is 9.59 Å². The van der Waals surface area contributed by atoms with E-state index in [1.807, 2.05) is 35.2 Å². The molecule has 2 amide bonds. The number of hydrogen-bond donors (Lipinski definition) is 2. The summed E-state index contributed by atoms with van der Waals surface area (Å²) in [6.07, 6.45) is 6.37. The fourth-order valence-corrected chi connectivity index (χ4v) is 4.25. The number of hydrogen-bond acceptors (Lipinski definition) is 3. The molecule has 0 spiro atoms. The molecule has 2 aliphatic rings. The third-order valence-electron chi connectivity index (χ3n) is 5.92. The Morgan fingerprint density at radius 1 is 1.19 bits per heavy atom. The zero-order valence-corrected chi connectivity index (χ0v) is 15.6. The van der Waals surface area contributed by atoms with E-state index in [0.29, 0.717) is 24.7 Å². The zero-order valence-electron chi connectivity index (χ0n) is 15.6. The van der Waals surface area contributed by atoms with Crippen LogP contribution in [0.4, 0.5) is 5.69 Å². The first-order valence-electron chi connectivity index (χ1n) is 9.81. The van der Waals surface area contributed by atoms with Crippen molar-refractivity contribution >= 4 is 17.5 Å². The Labute approximate surface area is 159 Å². The highest BCUT2D eigenvalue weighted by atomic mass is 16.2. The maximum Gasteiger partial charge on any atom is 0.229 e. The molecule has 0 bridgehead atoms. The first kappa shape index (κ1) is 17.8. The molecular formula is C21H26N4O2. The summed E-state index contributed by atoms with van der Waals surface area (Å²) in [7, 11) is 0. The molecule has 1 saturated carbocycles. The van der Waals surface area contributed by atoms with Gasteiger partial charge in [0.25, 0.3) is 0 Å². The van der Waals surface area contributed by atoms with Gasteiger partial charge >= 0.3 is 0 Å².